The van der Waals surface area contributed by atoms with Crippen molar-refractivity contribution in [3.05, 3.63) is 67.6 Å². The quantitative estimate of drug-likeness (QED) is 0.371. The molecule has 1 saturated heterocycles. The van der Waals surface area contributed by atoms with Crippen LogP contribution in [-0.4, -0.2) is 16.9 Å². The molecule has 0 saturated carbocycles. The minimum Gasteiger partial charge on any atom is -0.487 e. The van der Waals surface area contributed by atoms with Crippen molar-refractivity contribution in [3.8, 4) is 5.75 Å². The van der Waals surface area contributed by atoms with Gasteiger partial charge in [-0.25, -0.2) is 0 Å². The molecule has 0 spiro atoms. The summed E-state index contributed by atoms with van der Waals surface area (Å²) in [5.74, 6) is -0.428. The summed E-state index contributed by atoms with van der Waals surface area (Å²) in [5.41, 5.74) is 2.88. The van der Waals surface area contributed by atoms with Gasteiger partial charge in [0, 0.05) is 0 Å². The van der Waals surface area contributed by atoms with E-state index in [2.05, 4.69) is 42.5 Å². The third kappa shape index (κ3) is 4.82. The van der Waals surface area contributed by atoms with Crippen molar-refractivity contribution in [1.82, 2.24) is 10.6 Å². The summed E-state index contributed by atoms with van der Waals surface area (Å²) >= 11 is 11.8. The van der Waals surface area contributed by atoms with E-state index in [0.717, 1.165) is 5.56 Å². The molecule has 3 rings (SSSR count). The normalized spacial score (nSPS) is 13.9. The minimum absolute atomic E-state index is 0.00404. The summed E-state index contributed by atoms with van der Waals surface area (Å²) in [6.45, 7) is 2.45. The fourth-order valence-electron chi connectivity index (χ4n) is 2.41. The topological polar surface area (TPSA) is 67.4 Å². The number of carbonyl (C=O) groups is 2. The van der Waals surface area contributed by atoms with Gasteiger partial charge < -0.3 is 4.74 Å². The molecule has 0 aliphatic carbocycles. The lowest BCUT2D eigenvalue weighted by atomic mass is 10.1. The molecule has 0 aromatic heterocycles. The predicted molar refractivity (Wildman–Crippen MR) is 114 cm³/mol. The van der Waals surface area contributed by atoms with Crippen LogP contribution >= 0.6 is 44.1 Å². The minimum atomic E-state index is -0.532. The Hall–Kier alpha value is -2.03. The highest BCUT2D eigenvalue weighted by atomic mass is 79.9. The molecule has 1 aliphatic rings. The van der Waals surface area contributed by atoms with E-state index in [1.165, 1.54) is 11.6 Å². The molecular weight excluding hydrogens is 496 g/mol. The smallest absolute Gasteiger partial charge is 0.263 e. The zero-order valence-corrected chi connectivity index (χ0v) is 18.1. The fraction of sp³-hybridized carbons (Fsp3) is 0.105. The molecular formula is C19H14Br2N2O3S. The van der Waals surface area contributed by atoms with E-state index in [0.29, 0.717) is 26.9 Å². The third-order valence-corrected chi connectivity index (χ3v) is 5.16. The summed E-state index contributed by atoms with van der Waals surface area (Å²) < 4.78 is 7.30. The number of ether oxygens (including phenoxy) is 1. The first-order chi connectivity index (χ1) is 12.8. The summed E-state index contributed by atoms with van der Waals surface area (Å²) in [7, 11) is 0. The number of amides is 2. The van der Waals surface area contributed by atoms with Gasteiger partial charge in [-0.05, 0) is 80.3 Å². The van der Waals surface area contributed by atoms with Gasteiger partial charge in [0.05, 0.1) is 8.95 Å². The van der Waals surface area contributed by atoms with Crippen LogP contribution < -0.4 is 15.4 Å². The van der Waals surface area contributed by atoms with Gasteiger partial charge >= 0.3 is 0 Å². The van der Waals surface area contributed by atoms with Crippen LogP contribution in [-0.2, 0) is 16.2 Å². The molecule has 2 N–H and O–H groups in total. The van der Waals surface area contributed by atoms with Gasteiger partial charge in [-0.2, -0.15) is 0 Å². The molecule has 0 unspecified atom stereocenters. The zero-order valence-electron chi connectivity index (χ0n) is 14.1. The second-order valence-electron chi connectivity index (χ2n) is 5.88. The summed E-state index contributed by atoms with van der Waals surface area (Å²) in [4.78, 5) is 23.9. The molecule has 2 aromatic carbocycles. The highest BCUT2D eigenvalue weighted by Gasteiger charge is 2.25. The molecule has 2 amide bonds. The van der Waals surface area contributed by atoms with Crippen LogP contribution in [0.2, 0.25) is 0 Å². The van der Waals surface area contributed by atoms with E-state index in [-0.39, 0.29) is 10.7 Å². The van der Waals surface area contributed by atoms with E-state index in [4.69, 9.17) is 17.0 Å². The number of hydrogen-bond acceptors (Lipinski definition) is 4. The van der Waals surface area contributed by atoms with Crippen molar-refractivity contribution in [2.24, 2.45) is 0 Å². The molecule has 27 heavy (non-hydrogen) atoms. The third-order valence-electron chi connectivity index (χ3n) is 3.78. The van der Waals surface area contributed by atoms with Crippen LogP contribution in [0, 0.1) is 6.92 Å². The largest absolute Gasteiger partial charge is 0.487 e. The van der Waals surface area contributed by atoms with Crippen molar-refractivity contribution >= 4 is 67.1 Å². The standard InChI is InChI=1S/C19H14Br2N2O3S/c1-10-2-4-11(5-3-10)9-26-16-14(20)7-12(8-15(16)21)6-13-17(24)22-19(27)23-18(13)25/h2-8H,9H2,1H3,(H2,22,23,24,25,27). The van der Waals surface area contributed by atoms with Gasteiger partial charge in [-0.3, -0.25) is 20.2 Å². The monoisotopic (exact) mass is 508 g/mol. The number of halogens is 2. The van der Waals surface area contributed by atoms with Crippen molar-refractivity contribution in [1.29, 1.82) is 0 Å². The highest BCUT2D eigenvalue weighted by Crippen LogP contribution is 2.36. The van der Waals surface area contributed by atoms with Crippen molar-refractivity contribution in [2.45, 2.75) is 13.5 Å². The van der Waals surface area contributed by atoms with E-state index < -0.39 is 11.8 Å². The average Bonchev–Trinajstić information content (AvgIpc) is 2.59. The average molecular weight is 510 g/mol. The number of thiocarbonyl (C=S) groups is 1. The summed E-state index contributed by atoms with van der Waals surface area (Å²) in [6.07, 6.45) is 1.49. The Morgan fingerprint density at radius 1 is 1.04 bits per heavy atom. The number of benzene rings is 2. The second kappa shape index (κ2) is 8.33. The van der Waals surface area contributed by atoms with Crippen molar-refractivity contribution in [3.63, 3.8) is 0 Å². The Labute approximate surface area is 178 Å². The van der Waals surface area contributed by atoms with E-state index in [9.17, 15) is 9.59 Å². The first kappa shape index (κ1) is 19.7. The van der Waals surface area contributed by atoms with Crippen LogP contribution in [0.15, 0.2) is 50.9 Å². The lowest BCUT2D eigenvalue weighted by Crippen LogP contribution is -2.51. The number of nitrogens with one attached hydrogen (secondary N) is 2. The highest BCUT2D eigenvalue weighted by molar-refractivity contribution is 9.11. The SMILES string of the molecule is Cc1ccc(COc2c(Br)cc(C=C3C(=O)NC(=S)NC3=O)cc2Br)cc1. The van der Waals surface area contributed by atoms with E-state index in [1.807, 2.05) is 31.2 Å². The molecule has 0 atom stereocenters. The van der Waals surface area contributed by atoms with Crippen LogP contribution in [0.4, 0.5) is 0 Å². The second-order valence-corrected chi connectivity index (χ2v) is 8.00. The van der Waals surface area contributed by atoms with Crippen molar-refractivity contribution < 1.29 is 14.3 Å². The lowest BCUT2D eigenvalue weighted by Gasteiger charge is -2.16. The molecule has 8 heteroatoms. The van der Waals surface area contributed by atoms with Crippen molar-refractivity contribution in [2.75, 3.05) is 0 Å². The van der Waals surface area contributed by atoms with Gasteiger partial charge in [-0.1, -0.05) is 29.8 Å². The van der Waals surface area contributed by atoms with Crippen LogP contribution in [0.25, 0.3) is 6.08 Å². The van der Waals surface area contributed by atoms with Crippen LogP contribution in [0.3, 0.4) is 0 Å². The number of carbonyl (C=O) groups excluding carboxylic acids is 2. The molecule has 138 valence electrons. The Kier molecular flexibility index (Phi) is 6.08. The van der Waals surface area contributed by atoms with Gasteiger partial charge in [-0.15, -0.1) is 0 Å². The fourth-order valence-corrected chi connectivity index (χ4v) is 4.05. The van der Waals surface area contributed by atoms with Gasteiger partial charge in [0.1, 0.15) is 17.9 Å². The molecule has 5 nitrogen and oxygen atoms in total. The lowest BCUT2D eigenvalue weighted by molar-refractivity contribution is -0.123. The van der Waals surface area contributed by atoms with Crippen LogP contribution in [0.1, 0.15) is 16.7 Å². The Morgan fingerprint density at radius 2 is 1.59 bits per heavy atom. The van der Waals surface area contributed by atoms with Gasteiger partial charge in [0.2, 0.25) is 0 Å². The molecule has 1 heterocycles. The molecule has 0 radical (unpaired) electrons. The van der Waals surface area contributed by atoms with Crippen LogP contribution in [0.5, 0.6) is 5.75 Å². The van der Waals surface area contributed by atoms with Gasteiger partial charge in [0.25, 0.3) is 11.8 Å². The number of rotatable bonds is 4. The zero-order chi connectivity index (χ0) is 19.6. The molecule has 0 bridgehead atoms. The first-order valence-corrected chi connectivity index (χ1v) is 9.88. The summed E-state index contributed by atoms with van der Waals surface area (Å²) in [6, 6.07) is 11.6. The predicted octanol–water partition coefficient (Wildman–Crippen LogP) is 4.01. The maximum absolute atomic E-state index is 12.0. The maximum Gasteiger partial charge on any atom is 0.263 e. The molecule has 2 aromatic rings. The maximum atomic E-state index is 12.0. The number of hydrogen-bond donors (Lipinski definition) is 2. The van der Waals surface area contributed by atoms with Gasteiger partial charge in [0.15, 0.2) is 5.11 Å². The van der Waals surface area contributed by atoms with E-state index >= 15 is 0 Å². The van der Waals surface area contributed by atoms with E-state index in [1.54, 1.807) is 12.1 Å². The first-order valence-electron chi connectivity index (χ1n) is 7.89. The Morgan fingerprint density at radius 3 is 2.15 bits per heavy atom. The molecule has 1 fully saturated rings. The Balaban J connectivity index is 1.81. The molecule has 1 aliphatic heterocycles. The Bertz CT molecular complexity index is 926. The number of aryl methyl sites for hydroxylation is 1. The summed E-state index contributed by atoms with van der Waals surface area (Å²) in [5, 5.41) is 4.82.